The molecule has 0 amide bonds. The number of carboxylic acid groups (broad SMARTS) is 1. The number of methoxy groups -OCH3 is 1. The number of hydrogen-bond donors (Lipinski definition) is 4. The number of ether oxygens (including phenoxy) is 1. The van der Waals surface area contributed by atoms with E-state index in [9.17, 15) is 19.2 Å². The first kappa shape index (κ1) is 21.2. The van der Waals surface area contributed by atoms with Gasteiger partial charge in [-0.2, -0.15) is 0 Å². The van der Waals surface area contributed by atoms with Crippen LogP contribution in [0.3, 0.4) is 0 Å². The predicted molar refractivity (Wildman–Crippen MR) is 88.2 cm³/mol. The zero-order valence-corrected chi connectivity index (χ0v) is 14.7. The zero-order valence-electron chi connectivity index (χ0n) is 14.7. The number of rotatable bonds is 9. The Kier molecular flexibility index (Phi) is 7.21. The van der Waals surface area contributed by atoms with Gasteiger partial charge < -0.3 is 26.1 Å². The van der Waals surface area contributed by atoms with E-state index in [0.29, 0.717) is 6.29 Å². The second-order valence-electron chi connectivity index (χ2n) is 6.82. The third kappa shape index (κ3) is 4.83. The van der Waals surface area contributed by atoms with Crippen LogP contribution in [-0.2, 0) is 23.9 Å². The molecule has 1 rings (SSSR count). The lowest BCUT2D eigenvalue weighted by atomic mass is 9.80. The van der Waals surface area contributed by atoms with Gasteiger partial charge in [-0.15, -0.1) is 0 Å². The Morgan fingerprint density at radius 3 is 2.20 bits per heavy atom. The van der Waals surface area contributed by atoms with E-state index >= 15 is 0 Å². The summed E-state index contributed by atoms with van der Waals surface area (Å²) in [6.45, 7) is 3.84. The number of Topliss-reactive ketones (excluding diaryl/α,β-unsaturated/α-hetero) is 1. The largest absolute Gasteiger partial charge is 0.481 e. The number of nitrogens with two attached hydrogens (primary N) is 2. The number of carboxylic acids is 1. The van der Waals surface area contributed by atoms with Crippen molar-refractivity contribution in [1.29, 1.82) is 0 Å². The molecular formula is C16H27N3O6. The molecule has 0 aromatic heterocycles. The summed E-state index contributed by atoms with van der Waals surface area (Å²) in [5.74, 6) is -2.95. The van der Waals surface area contributed by atoms with E-state index in [4.69, 9.17) is 16.6 Å². The minimum absolute atomic E-state index is 0.0643. The molecule has 25 heavy (non-hydrogen) atoms. The van der Waals surface area contributed by atoms with Gasteiger partial charge in [0.2, 0.25) is 0 Å². The lowest BCUT2D eigenvalue weighted by Gasteiger charge is -2.35. The number of carbonyl (C=O) groups is 4. The molecule has 1 aliphatic rings. The molecule has 9 heteroatoms. The van der Waals surface area contributed by atoms with Crippen LogP contribution >= 0.6 is 0 Å². The van der Waals surface area contributed by atoms with Gasteiger partial charge in [-0.1, -0.05) is 13.8 Å². The monoisotopic (exact) mass is 357 g/mol. The maximum atomic E-state index is 13.1. The highest BCUT2D eigenvalue weighted by Gasteiger charge is 2.49. The first-order valence-corrected chi connectivity index (χ1v) is 8.19. The summed E-state index contributed by atoms with van der Waals surface area (Å²) >= 11 is 0. The Morgan fingerprint density at radius 1 is 1.28 bits per heavy atom. The van der Waals surface area contributed by atoms with E-state index in [1.165, 1.54) is 0 Å². The maximum absolute atomic E-state index is 13.1. The van der Waals surface area contributed by atoms with Crippen LogP contribution in [0.4, 0.5) is 0 Å². The first-order chi connectivity index (χ1) is 11.6. The summed E-state index contributed by atoms with van der Waals surface area (Å²) in [7, 11) is 1.08. The summed E-state index contributed by atoms with van der Waals surface area (Å²) in [4.78, 5) is 47.1. The second-order valence-corrected chi connectivity index (χ2v) is 6.82. The SMILES string of the molecule is COC(=O)C(N)(N)C(N[C@H](C=O)CC(=O)O)C(=O)C1C(C)CCC1C. The van der Waals surface area contributed by atoms with Gasteiger partial charge in [0, 0.05) is 5.92 Å². The number of ketones is 1. The fraction of sp³-hybridized carbons (Fsp3) is 0.750. The van der Waals surface area contributed by atoms with Crippen molar-refractivity contribution in [2.45, 2.75) is 50.9 Å². The molecule has 142 valence electrons. The molecule has 1 fully saturated rings. The molecule has 6 N–H and O–H groups in total. The van der Waals surface area contributed by atoms with Gasteiger partial charge in [-0.05, 0) is 24.7 Å². The smallest absolute Gasteiger partial charge is 0.342 e. The van der Waals surface area contributed by atoms with Crippen LogP contribution in [0, 0.1) is 17.8 Å². The van der Waals surface area contributed by atoms with Gasteiger partial charge in [-0.3, -0.25) is 14.9 Å². The number of nitrogens with one attached hydrogen (secondary N) is 1. The fourth-order valence-electron chi connectivity index (χ4n) is 3.50. The van der Waals surface area contributed by atoms with Crippen molar-refractivity contribution in [1.82, 2.24) is 5.32 Å². The van der Waals surface area contributed by atoms with Crippen LogP contribution in [0.25, 0.3) is 0 Å². The normalized spacial score (nSPS) is 25.9. The predicted octanol–water partition coefficient (Wildman–Crippen LogP) is -0.975. The van der Waals surface area contributed by atoms with Crippen molar-refractivity contribution >= 4 is 24.0 Å². The van der Waals surface area contributed by atoms with Crippen molar-refractivity contribution in [2.24, 2.45) is 29.2 Å². The van der Waals surface area contributed by atoms with Crippen molar-refractivity contribution in [3.63, 3.8) is 0 Å². The number of aliphatic carboxylic acids is 1. The molecule has 0 heterocycles. The number of hydrogen-bond acceptors (Lipinski definition) is 8. The summed E-state index contributed by atoms with van der Waals surface area (Å²) in [6.07, 6.45) is 1.47. The summed E-state index contributed by atoms with van der Waals surface area (Å²) in [5.41, 5.74) is 9.50. The molecule has 0 spiro atoms. The first-order valence-electron chi connectivity index (χ1n) is 8.19. The Labute approximate surface area is 146 Å². The van der Waals surface area contributed by atoms with Crippen molar-refractivity contribution in [2.75, 3.05) is 7.11 Å². The van der Waals surface area contributed by atoms with Crippen LogP contribution in [0.1, 0.15) is 33.1 Å². The van der Waals surface area contributed by atoms with E-state index in [1.54, 1.807) is 0 Å². The Morgan fingerprint density at radius 2 is 1.80 bits per heavy atom. The van der Waals surface area contributed by atoms with Crippen LogP contribution < -0.4 is 16.8 Å². The fourth-order valence-corrected chi connectivity index (χ4v) is 3.50. The number of esters is 1. The Balaban J connectivity index is 3.18. The molecule has 0 aromatic rings. The Bertz CT molecular complexity index is 526. The summed E-state index contributed by atoms with van der Waals surface area (Å²) < 4.78 is 4.57. The molecule has 4 atom stereocenters. The maximum Gasteiger partial charge on any atom is 0.342 e. The van der Waals surface area contributed by atoms with E-state index in [-0.39, 0.29) is 11.8 Å². The third-order valence-electron chi connectivity index (χ3n) is 4.87. The van der Waals surface area contributed by atoms with Crippen molar-refractivity contribution in [3.05, 3.63) is 0 Å². The van der Waals surface area contributed by atoms with E-state index in [1.807, 2.05) is 13.8 Å². The highest BCUT2D eigenvalue weighted by molar-refractivity contribution is 5.96. The highest BCUT2D eigenvalue weighted by Crippen LogP contribution is 2.38. The average molecular weight is 357 g/mol. The second kappa shape index (κ2) is 8.50. The van der Waals surface area contributed by atoms with Gasteiger partial charge in [0.1, 0.15) is 12.3 Å². The van der Waals surface area contributed by atoms with Crippen LogP contribution in [0.2, 0.25) is 0 Å². The molecule has 1 aliphatic carbocycles. The molecular weight excluding hydrogens is 330 g/mol. The van der Waals surface area contributed by atoms with Gasteiger partial charge in [-0.25, -0.2) is 4.79 Å². The summed E-state index contributed by atoms with van der Waals surface area (Å²) in [6, 6.07) is -2.66. The van der Waals surface area contributed by atoms with E-state index in [0.717, 1.165) is 20.0 Å². The zero-order chi connectivity index (χ0) is 19.4. The van der Waals surface area contributed by atoms with Crippen LogP contribution in [0.5, 0.6) is 0 Å². The van der Waals surface area contributed by atoms with Crippen LogP contribution in [0.15, 0.2) is 0 Å². The minimum Gasteiger partial charge on any atom is -0.481 e. The average Bonchev–Trinajstić information content (AvgIpc) is 2.87. The van der Waals surface area contributed by atoms with Crippen molar-refractivity contribution < 1.29 is 29.0 Å². The van der Waals surface area contributed by atoms with E-state index in [2.05, 4.69) is 10.1 Å². The lowest BCUT2D eigenvalue weighted by molar-refractivity contribution is -0.151. The molecule has 1 saturated carbocycles. The topological polar surface area (TPSA) is 162 Å². The molecule has 0 aliphatic heterocycles. The molecule has 3 unspecified atom stereocenters. The molecule has 9 nitrogen and oxygen atoms in total. The van der Waals surface area contributed by atoms with Gasteiger partial charge in [0.25, 0.3) is 0 Å². The van der Waals surface area contributed by atoms with Crippen molar-refractivity contribution in [3.8, 4) is 0 Å². The summed E-state index contributed by atoms with van der Waals surface area (Å²) in [5, 5.41) is 11.4. The quantitative estimate of drug-likeness (QED) is 0.231. The number of aldehydes is 1. The molecule has 0 radical (unpaired) electrons. The minimum atomic E-state index is -2.23. The molecule has 0 aromatic carbocycles. The molecule has 0 saturated heterocycles. The standard InChI is InChI=1S/C16H27N3O6/c1-8-4-5-9(2)12(8)13(23)14(16(17,18)15(24)25-3)19-10(7-20)6-11(21)22/h7-10,12,14,19H,4-6,17-18H2,1-3H3,(H,21,22)/t8?,9?,10-,12?,14?/m0/s1. The van der Waals surface area contributed by atoms with Gasteiger partial charge in [0.15, 0.2) is 11.4 Å². The lowest BCUT2D eigenvalue weighted by Crippen LogP contribution is -2.73. The molecule has 0 bridgehead atoms. The van der Waals surface area contributed by atoms with Crippen LogP contribution in [-0.4, -0.2) is 54.0 Å². The van der Waals surface area contributed by atoms with E-state index < -0.39 is 47.8 Å². The van der Waals surface area contributed by atoms with Gasteiger partial charge in [0.05, 0.1) is 19.6 Å². The Hall–Kier alpha value is -1.84. The highest BCUT2D eigenvalue weighted by atomic mass is 16.5. The third-order valence-corrected chi connectivity index (χ3v) is 4.87. The number of carbonyl (C=O) groups excluding carboxylic acids is 3. The van der Waals surface area contributed by atoms with Gasteiger partial charge >= 0.3 is 11.9 Å².